The van der Waals surface area contributed by atoms with Crippen molar-refractivity contribution in [2.45, 2.75) is 32.2 Å². The number of anilines is 1. The normalized spacial score (nSPS) is 16.6. The van der Waals surface area contributed by atoms with Gasteiger partial charge in [0.15, 0.2) is 0 Å². The molecule has 21 heavy (non-hydrogen) atoms. The van der Waals surface area contributed by atoms with E-state index in [9.17, 15) is 0 Å². The van der Waals surface area contributed by atoms with Gasteiger partial charge in [-0.15, -0.1) is 0 Å². The molecule has 0 spiro atoms. The zero-order chi connectivity index (χ0) is 14.7. The summed E-state index contributed by atoms with van der Waals surface area (Å²) >= 11 is 6.06. The van der Waals surface area contributed by atoms with Crippen LogP contribution in [0.15, 0.2) is 42.5 Å². The first-order valence-electron chi connectivity index (χ1n) is 7.51. The second-order valence-corrected chi connectivity index (χ2v) is 5.98. The van der Waals surface area contributed by atoms with Crippen LogP contribution in [0.3, 0.4) is 0 Å². The summed E-state index contributed by atoms with van der Waals surface area (Å²) in [6.07, 6.45) is 3.10. The molecule has 110 valence electrons. The molecule has 1 aliphatic rings. The van der Waals surface area contributed by atoms with Crippen molar-refractivity contribution in [3.63, 3.8) is 0 Å². The Balaban J connectivity index is 1.66. The SMILES string of the molecule is CCCOc1cccc(NC2Cc3ccc(Cl)cc3C2)c1. The van der Waals surface area contributed by atoms with Gasteiger partial charge in [0.05, 0.1) is 6.61 Å². The summed E-state index contributed by atoms with van der Waals surface area (Å²) in [6.45, 7) is 2.87. The molecule has 0 radical (unpaired) electrons. The van der Waals surface area contributed by atoms with Gasteiger partial charge >= 0.3 is 0 Å². The van der Waals surface area contributed by atoms with Crippen molar-refractivity contribution in [1.82, 2.24) is 0 Å². The third-order valence-electron chi connectivity index (χ3n) is 3.78. The molecule has 0 aliphatic heterocycles. The van der Waals surface area contributed by atoms with E-state index >= 15 is 0 Å². The molecular formula is C18H20ClNO. The second kappa shape index (κ2) is 6.40. The number of nitrogens with one attached hydrogen (secondary N) is 1. The van der Waals surface area contributed by atoms with Crippen LogP contribution in [-0.4, -0.2) is 12.6 Å². The number of hydrogen-bond donors (Lipinski definition) is 1. The lowest BCUT2D eigenvalue weighted by molar-refractivity contribution is 0.317. The van der Waals surface area contributed by atoms with E-state index in [2.05, 4.69) is 36.5 Å². The van der Waals surface area contributed by atoms with E-state index in [1.165, 1.54) is 11.1 Å². The molecule has 2 aromatic rings. The first kappa shape index (κ1) is 14.3. The molecule has 1 unspecified atom stereocenters. The molecule has 0 bridgehead atoms. The summed E-state index contributed by atoms with van der Waals surface area (Å²) in [5.74, 6) is 0.931. The average molecular weight is 302 g/mol. The minimum atomic E-state index is 0.430. The van der Waals surface area contributed by atoms with Crippen LogP contribution < -0.4 is 10.1 Å². The topological polar surface area (TPSA) is 21.3 Å². The van der Waals surface area contributed by atoms with E-state index in [1.807, 2.05) is 18.2 Å². The van der Waals surface area contributed by atoms with Crippen LogP contribution in [-0.2, 0) is 12.8 Å². The summed E-state index contributed by atoms with van der Waals surface area (Å²) in [6, 6.07) is 14.8. The van der Waals surface area contributed by atoms with Crippen molar-refractivity contribution in [1.29, 1.82) is 0 Å². The Hall–Kier alpha value is -1.67. The van der Waals surface area contributed by atoms with Crippen LogP contribution in [0.2, 0.25) is 5.02 Å². The molecular weight excluding hydrogens is 282 g/mol. The fourth-order valence-corrected chi connectivity index (χ4v) is 3.01. The summed E-state index contributed by atoms with van der Waals surface area (Å²) < 4.78 is 5.68. The van der Waals surface area contributed by atoms with Gasteiger partial charge in [-0.3, -0.25) is 0 Å². The Kier molecular flexibility index (Phi) is 4.35. The second-order valence-electron chi connectivity index (χ2n) is 5.54. The molecule has 0 saturated heterocycles. The zero-order valence-electron chi connectivity index (χ0n) is 12.2. The van der Waals surface area contributed by atoms with Gasteiger partial charge < -0.3 is 10.1 Å². The smallest absolute Gasteiger partial charge is 0.121 e. The van der Waals surface area contributed by atoms with Gasteiger partial charge in [-0.1, -0.05) is 30.7 Å². The lowest BCUT2D eigenvalue weighted by Crippen LogP contribution is -2.19. The van der Waals surface area contributed by atoms with Gasteiger partial charge in [0.2, 0.25) is 0 Å². The number of rotatable bonds is 5. The zero-order valence-corrected chi connectivity index (χ0v) is 13.0. The van der Waals surface area contributed by atoms with Crippen LogP contribution in [0.5, 0.6) is 5.75 Å². The number of fused-ring (bicyclic) bond motifs is 1. The largest absolute Gasteiger partial charge is 0.494 e. The van der Waals surface area contributed by atoms with E-state index < -0.39 is 0 Å². The molecule has 1 aliphatic carbocycles. The highest BCUT2D eigenvalue weighted by molar-refractivity contribution is 6.30. The minimum absolute atomic E-state index is 0.430. The molecule has 1 atom stereocenters. The maximum absolute atomic E-state index is 6.06. The third-order valence-corrected chi connectivity index (χ3v) is 4.01. The average Bonchev–Trinajstić information content (AvgIpc) is 2.86. The molecule has 0 heterocycles. The summed E-state index contributed by atoms with van der Waals surface area (Å²) in [5, 5.41) is 4.42. The molecule has 0 aromatic heterocycles. The van der Waals surface area contributed by atoms with Gasteiger partial charge in [-0.25, -0.2) is 0 Å². The minimum Gasteiger partial charge on any atom is -0.494 e. The first-order valence-corrected chi connectivity index (χ1v) is 7.89. The van der Waals surface area contributed by atoms with Gasteiger partial charge in [-0.2, -0.15) is 0 Å². The van der Waals surface area contributed by atoms with Crippen LogP contribution >= 0.6 is 11.6 Å². The van der Waals surface area contributed by atoms with E-state index in [4.69, 9.17) is 16.3 Å². The van der Waals surface area contributed by atoms with Crippen molar-refractivity contribution in [3.05, 3.63) is 58.6 Å². The fraction of sp³-hybridized carbons (Fsp3) is 0.333. The van der Waals surface area contributed by atoms with Crippen LogP contribution in [0.4, 0.5) is 5.69 Å². The fourth-order valence-electron chi connectivity index (χ4n) is 2.82. The highest BCUT2D eigenvalue weighted by atomic mass is 35.5. The van der Waals surface area contributed by atoms with E-state index in [-0.39, 0.29) is 0 Å². The Bertz CT molecular complexity index is 626. The molecule has 3 heteroatoms. The predicted molar refractivity (Wildman–Crippen MR) is 88.5 cm³/mol. The molecule has 1 N–H and O–H groups in total. The van der Waals surface area contributed by atoms with Crippen LogP contribution in [0, 0.1) is 0 Å². The van der Waals surface area contributed by atoms with Crippen molar-refractivity contribution >= 4 is 17.3 Å². The van der Waals surface area contributed by atoms with Gasteiger partial charge in [0.1, 0.15) is 5.75 Å². The Morgan fingerprint density at radius 3 is 2.86 bits per heavy atom. The number of halogens is 1. The molecule has 2 aromatic carbocycles. The number of ether oxygens (including phenoxy) is 1. The lowest BCUT2D eigenvalue weighted by atomic mass is 10.1. The van der Waals surface area contributed by atoms with E-state index in [0.717, 1.165) is 42.3 Å². The Labute approximate surface area is 131 Å². The molecule has 0 amide bonds. The molecule has 2 nitrogen and oxygen atoms in total. The van der Waals surface area contributed by atoms with Crippen LogP contribution in [0.1, 0.15) is 24.5 Å². The van der Waals surface area contributed by atoms with Crippen molar-refractivity contribution in [2.75, 3.05) is 11.9 Å². The monoisotopic (exact) mass is 301 g/mol. The molecule has 0 saturated carbocycles. The van der Waals surface area contributed by atoms with Crippen LogP contribution in [0.25, 0.3) is 0 Å². The molecule has 3 rings (SSSR count). The lowest BCUT2D eigenvalue weighted by Gasteiger charge is -2.14. The first-order chi connectivity index (χ1) is 10.2. The summed E-state index contributed by atoms with van der Waals surface area (Å²) in [7, 11) is 0. The Morgan fingerprint density at radius 2 is 2.00 bits per heavy atom. The van der Waals surface area contributed by atoms with E-state index in [0.29, 0.717) is 6.04 Å². The predicted octanol–water partition coefficient (Wildman–Crippen LogP) is 4.71. The van der Waals surface area contributed by atoms with E-state index in [1.54, 1.807) is 0 Å². The van der Waals surface area contributed by atoms with Gasteiger partial charge in [0.25, 0.3) is 0 Å². The summed E-state index contributed by atoms with van der Waals surface area (Å²) in [5.41, 5.74) is 3.88. The number of benzene rings is 2. The quantitative estimate of drug-likeness (QED) is 0.863. The van der Waals surface area contributed by atoms with Crippen molar-refractivity contribution < 1.29 is 4.74 Å². The van der Waals surface area contributed by atoms with Gasteiger partial charge in [0, 0.05) is 22.8 Å². The Morgan fingerprint density at radius 1 is 1.14 bits per heavy atom. The summed E-state index contributed by atoms with van der Waals surface area (Å²) in [4.78, 5) is 0. The highest BCUT2D eigenvalue weighted by Crippen LogP contribution is 2.28. The molecule has 0 fully saturated rings. The highest BCUT2D eigenvalue weighted by Gasteiger charge is 2.21. The number of hydrogen-bond acceptors (Lipinski definition) is 2. The maximum atomic E-state index is 6.06. The third kappa shape index (κ3) is 3.51. The van der Waals surface area contributed by atoms with Gasteiger partial charge in [-0.05, 0) is 54.7 Å². The van der Waals surface area contributed by atoms with Crippen molar-refractivity contribution in [2.24, 2.45) is 0 Å². The standard InChI is InChI=1S/C18H20ClNO/c1-2-8-21-18-5-3-4-16(12-18)20-17-10-13-6-7-15(19)9-14(13)11-17/h3-7,9,12,17,20H,2,8,10-11H2,1H3. The maximum Gasteiger partial charge on any atom is 0.121 e. The van der Waals surface area contributed by atoms with Crippen molar-refractivity contribution in [3.8, 4) is 5.75 Å².